The Balaban J connectivity index is 1.70. The fourth-order valence-corrected chi connectivity index (χ4v) is 2.71. The number of nitriles is 1. The molecule has 1 heterocycles. The average Bonchev–Trinajstić information content (AvgIpc) is 2.98. The highest BCUT2D eigenvalue weighted by molar-refractivity contribution is 6.05. The van der Waals surface area contributed by atoms with Crippen LogP contribution in [0.1, 0.15) is 16.7 Å². The molecule has 0 saturated carbocycles. The van der Waals surface area contributed by atoms with Crippen LogP contribution in [0, 0.1) is 11.3 Å². The van der Waals surface area contributed by atoms with Crippen LogP contribution in [0.25, 0.3) is 34.1 Å². The van der Waals surface area contributed by atoms with Crippen LogP contribution in [0.3, 0.4) is 0 Å². The molecule has 0 saturated heterocycles. The second-order valence-electron chi connectivity index (χ2n) is 5.42. The van der Waals surface area contributed by atoms with E-state index in [1.54, 1.807) is 0 Å². The quantitative estimate of drug-likeness (QED) is 0.449. The molecule has 0 aliphatic carbocycles. The second-order valence-corrected chi connectivity index (χ2v) is 5.42. The zero-order valence-electron chi connectivity index (χ0n) is 12.4. The lowest BCUT2D eigenvalue weighted by atomic mass is 10.1. The number of hydrogen-bond acceptors (Lipinski definition) is 2. The number of nitrogens with zero attached hydrogens (tertiary/aromatic N) is 1. The van der Waals surface area contributed by atoms with Crippen LogP contribution in [0.5, 0.6) is 0 Å². The first-order valence-electron chi connectivity index (χ1n) is 7.43. The molecule has 0 aliphatic rings. The molecule has 0 amide bonds. The number of hydrogen-bond donors (Lipinski definition) is 0. The Hall–Kier alpha value is -3.31. The van der Waals surface area contributed by atoms with Gasteiger partial charge in [-0.2, -0.15) is 5.26 Å². The third kappa shape index (κ3) is 2.49. The first kappa shape index (κ1) is 13.4. The van der Waals surface area contributed by atoms with Gasteiger partial charge >= 0.3 is 0 Å². The molecule has 0 aliphatic heterocycles. The van der Waals surface area contributed by atoms with E-state index < -0.39 is 0 Å². The molecule has 0 atom stereocenters. The molecule has 0 spiro atoms. The van der Waals surface area contributed by atoms with E-state index in [-0.39, 0.29) is 0 Å². The van der Waals surface area contributed by atoms with Gasteiger partial charge in [-0.25, -0.2) is 0 Å². The number of furan rings is 1. The van der Waals surface area contributed by atoms with E-state index in [9.17, 15) is 0 Å². The summed E-state index contributed by atoms with van der Waals surface area (Å²) in [7, 11) is 0. The molecule has 1 aromatic heterocycles. The van der Waals surface area contributed by atoms with E-state index in [0.29, 0.717) is 5.56 Å². The molecule has 108 valence electrons. The molecule has 0 fully saturated rings. The van der Waals surface area contributed by atoms with Crippen molar-refractivity contribution >= 4 is 34.1 Å². The maximum absolute atomic E-state index is 8.82. The minimum Gasteiger partial charge on any atom is -0.456 e. The third-order valence-corrected chi connectivity index (χ3v) is 3.91. The van der Waals surface area contributed by atoms with E-state index in [1.165, 1.54) is 0 Å². The average molecular weight is 295 g/mol. The van der Waals surface area contributed by atoms with Crippen molar-refractivity contribution in [3.63, 3.8) is 0 Å². The van der Waals surface area contributed by atoms with Crippen LogP contribution < -0.4 is 0 Å². The molecule has 2 nitrogen and oxygen atoms in total. The summed E-state index contributed by atoms with van der Waals surface area (Å²) < 4.78 is 5.91. The SMILES string of the molecule is N#Cc1ccc(C=Cc2ccc3c(c2)oc2ccccc23)cc1. The molecule has 0 unspecified atom stereocenters. The van der Waals surface area contributed by atoms with Crippen molar-refractivity contribution in [3.05, 3.63) is 83.4 Å². The minimum absolute atomic E-state index is 0.672. The van der Waals surface area contributed by atoms with Crippen molar-refractivity contribution in [1.82, 2.24) is 0 Å². The van der Waals surface area contributed by atoms with Gasteiger partial charge in [0.05, 0.1) is 11.6 Å². The van der Waals surface area contributed by atoms with Crippen molar-refractivity contribution in [1.29, 1.82) is 5.26 Å². The first-order chi connectivity index (χ1) is 11.3. The summed E-state index contributed by atoms with van der Waals surface area (Å²) in [6, 6.07) is 24.0. The van der Waals surface area contributed by atoms with Crippen LogP contribution in [0.4, 0.5) is 0 Å². The molecular weight excluding hydrogens is 282 g/mol. The topological polar surface area (TPSA) is 36.9 Å². The van der Waals surface area contributed by atoms with Gasteiger partial charge in [-0.15, -0.1) is 0 Å². The number of benzene rings is 3. The van der Waals surface area contributed by atoms with Gasteiger partial charge in [0.1, 0.15) is 11.2 Å². The summed E-state index contributed by atoms with van der Waals surface area (Å²) in [5, 5.41) is 11.1. The van der Waals surface area contributed by atoms with E-state index in [1.807, 2.05) is 54.6 Å². The monoisotopic (exact) mass is 295 g/mol. The second kappa shape index (κ2) is 5.47. The summed E-state index contributed by atoms with van der Waals surface area (Å²) in [5.74, 6) is 0. The fourth-order valence-electron chi connectivity index (χ4n) is 2.71. The van der Waals surface area contributed by atoms with Crippen LogP contribution in [-0.2, 0) is 0 Å². The Labute approximate surface area is 133 Å². The van der Waals surface area contributed by atoms with Crippen molar-refractivity contribution in [2.24, 2.45) is 0 Å². The number of para-hydroxylation sites is 1. The van der Waals surface area contributed by atoms with Crippen molar-refractivity contribution < 1.29 is 4.42 Å². The molecule has 0 bridgehead atoms. The summed E-state index contributed by atoms with van der Waals surface area (Å²) >= 11 is 0. The zero-order valence-corrected chi connectivity index (χ0v) is 12.4. The Bertz CT molecular complexity index is 1060. The molecule has 23 heavy (non-hydrogen) atoms. The molecule has 0 N–H and O–H groups in total. The Kier molecular flexibility index (Phi) is 3.18. The minimum atomic E-state index is 0.672. The molecule has 4 aromatic rings. The van der Waals surface area contributed by atoms with Gasteiger partial charge in [0.15, 0.2) is 0 Å². The van der Waals surface area contributed by atoms with Crippen LogP contribution in [0.15, 0.2) is 71.1 Å². The normalized spacial score (nSPS) is 11.3. The number of rotatable bonds is 2. The highest BCUT2D eigenvalue weighted by Gasteiger charge is 2.05. The van der Waals surface area contributed by atoms with Crippen LogP contribution in [0.2, 0.25) is 0 Å². The first-order valence-corrected chi connectivity index (χ1v) is 7.43. The Morgan fingerprint density at radius 1 is 0.739 bits per heavy atom. The Morgan fingerprint density at radius 2 is 1.43 bits per heavy atom. The summed E-state index contributed by atoms with van der Waals surface area (Å²) in [4.78, 5) is 0. The smallest absolute Gasteiger partial charge is 0.136 e. The highest BCUT2D eigenvalue weighted by atomic mass is 16.3. The largest absolute Gasteiger partial charge is 0.456 e. The van der Waals surface area contributed by atoms with Gasteiger partial charge < -0.3 is 4.42 Å². The van der Waals surface area contributed by atoms with Crippen molar-refractivity contribution in [2.75, 3.05) is 0 Å². The summed E-state index contributed by atoms with van der Waals surface area (Å²) in [6.45, 7) is 0. The van der Waals surface area contributed by atoms with Gasteiger partial charge in [0.25, 0.3) is 0 Å². The van der Waals surface area contributed by atoms with Crippen molar-refractivity contribution in [3.8, 4) is 6.07 Å². The maximum Gasteiger partial charge on any atom is 0.136 e. The molecule has 3 aromatic carbocycles. The predicted octanol–water partition coefficient (Wildman–Crippen LogP) is 5.63. The lowest BCUT2D eigenvalue weighted by molar-refractivity contribution is 0.669. The van der Waals surface area contributed by atoms with Crippen molar-refractivity contribution in [2.45, 2.75) is 0 Å². The lowest BCUT2D eigenvalue weighted by Crippen LogP contribution is -1.76. The van der Waals surface area contributed by atoms with Gasteiger partial charge in [-0.3, -0.25) is 0 Å². The molecule has 0 radical (unpaired) electrons. The standard InChI is InChI=1S/C21H13NO/c22-14-17-9-6-15(7-10-17)5-8-16-11-12-19-18-3-1-2-4-20(18)23-21(19)13-16/h1-13H. The summed E-state index contributed by atoms with van der Waals surface area (Å²) in [6.07, 6.45) is 4.08. The van der Waals surface area contributed by atoms with Crippen LogP contribution >= 0.6 is 0 Å². The van der Waals surface area contributed by atoms with Gasteiger partial charge in [-0.1, -0.05) is 48.6 Å². The Morgan fingerprint density at radius 3 is 2.26 bits per heavy atom. The van der Waals surface area contributed by atoms with E-state index in [0.717, 1.165) is 33.1 Å². The van der Waals surface area contributed by atoms with Crippen LogP contribution in [-0.4, -0.2) is 0 Å². The maximum atomic E-state index is 8.82. The van der Waals surface area contributed by atoms with E-state index in [2.05, 4.69) is 30.3 Å². The van der Waals surface area contributed by atoms with Gasteiger partial charge in [0, 0.05) is 10.8 Å². The predicted molar refractivity (Wildman–Crippen MR) is 93.8 cm³/mol. The van der Waals surface area contributed by atoms with Gasteiger partial charge in [-0.05, 0) is 41.5 Å². The van der Waals surface area contributed by atoms with Gasteiger partial charge in [0.2, 0.25) is 0 Å². The lowest BCUT2D eigenvalue weighted by Gasteiger charge is -1.96. The molecular formula is C21H13NO. The van der Waals surface area contributed by atoms with E-state index in [4.69, 9.17) is 9.68 Å². The third-order valence-electron chi connectivity index (χ3n) is 3.91. The molecule has 2 heteroatoms. The number of fused-ring (bicyclic) bond motifs is 3. The fraction of sp³-hybridized carbons (Fsp3) is 0. The summed E-state index contributed by atoms with van der Waals surface area (Å²) in [5.41, 5.74) is 4.63. The highest BCUT2D eigenvalue weighted by Crippen LogP contribution is 2.29. The zero-order chi connectivity index (χ0) is 15.6. The van der Waals surface area contributed by atoms with E-state index >= 15 is 0 Å². The molecule has 4 rings (SSSR count).